The summed E-state index contributed by atoms with van der Waals surface area (Å²) in [4.78, 5) is 12.7. The number of aromatic nitrogens is 3. The van der Waals surface area contributed by atoms with Crippen LogP contribution in [0.15, 0.2) is 71.9 Å². The zero-order valence-corrected chi connectivity index (χ0v) is 21.5. The summed E-state index contributed by atoms with van der Waals surface area (Å²) < 4.78 is 1.99. The van der Waals surface area contributed by atoms with Crippen LogP contribution in [0.4, 0.5) is 5.69 Å². The number of carbonyl (C=O) groups excluding carboxylic acids is 1. The van der Waals surface area contributed by atoms with Crippen LogP contribution in [0, 0.1) is 0 Å². The first kappa shape index (κ1) is 24.6. The molecule has 4 rings (SSSR count). The Labute approximate surface area is 217 Å². The van der Waals surface area contributed by atoms with Crippen molar-refractivity contribution in [3.05, 3.63) is 87.4 Å². The highest BCUT2D eigenvalue weighted by molar-refractivity contribution is 7.99. The van der Waals surface area contributed by atoms with Crippen LogP contribution in [0.5, 0.6) is 0 Å². The van der Waals surface area contributed by atoms with Crippen molar-refractivity contribution in [1.82, 2.24) is 14.8 Å². The molecule has 34 heavy (non-hydrogen) atoms. The average Bonchev–Trinajstić information content (AvgIpc) is 3.24. The normalized spacial score (nSPS) is 11.1. The zero-order chi connectivity index (χ0) is 24.2. The highest BCUT2D eigenvalue weighted by atomic mass is 35.5. The Morgan fingerprint density at radius 1 is 0.971 bits per heavy atom. The molecule has 1 aromatic heterocycles. The molecule has 0 aliphatic carbocycles. The standard InChI is InChI=1S/C25H21Cl3N4OS/c1-15(2)19-5-3-4-6-22(19)32-24(16-7-9-17(26)10-8-16)30-31-25(32)34-14-23(33)29-21-13-18(27)11-12-20(21)28/h3-13,15H,14H2,1-2H3,(H,29,33). The number of benzene rings is 3. The van der Waals surface area contributed by atoms with Crippen molar-refractivity contribution in [2.24, 2.45) is 0 Å². The number of rotatable bonds is 7. The van der Waals surface area contributed by atoms with Gasteiger partial charge >= 0.3 is 0 Å². The van der Waals surface area contributed by atoms with Gasteiger partial charge < -0.3 is 5.32 Å². The predicted octanol–water partition coefficient (Wildman–Crippen LogP) is 7.75. The number of carbonyl (C=O) groups is 1. The summed E-state index contributed by atoms with van der Waals surface area (Å²) >= 11 is 19.6. The number of nitrogens with one attached hydrogen (secondary N) is 1. The SMILES string of the molecule is CC(C)c1ccccc1-n1c(SCC(=O)Nc2cc(Cl)ccc2Cl)nnc1-c1ccc(Cl)cc1. The summed E-state index contributed by atoms with van der Waals surface area (Å²) in [6.45, 7) is 4.28. The van der Waals surface area contributed by atoms with Crippen LogP contribution in [-0.2, 0) is 4.79 Å². The molecule has 0 unspecified atom stereocenters. The minimum Gasteiger partial charge on any atom is -0.324 e. The molecule has 0 aliphatic heterocycles. The summed E-state index contributed by atoms with van der Waals surface area (Å²) in [7, 11) is 0. The summed E-state index contributed by atoms with van der Waals surface area (Å²) in [5.41, 5.74) is 3.45. The maximum atomic E-state index is 12.7. The number of para-hydroxylation sites is 1. The lowest BCUT2D eigenvalue weighted by molar-refractivity contribution is -0.113. The monoisotopic (exact) mass is 530 g/mol. The number of amides is 1. The van der Waals surface area contributed by atoms with E-state index in [0.29, 0.717) is 31.7 Å². The van der Waals surface area contributed by atoms with Gasteiger partial charge in [-0.3, -0.25) is 9.36 Å². The maximum absolute atomic E-state index is 12.7. The summed E-state index contributed by atoms with van der Waals surface area (Å²) in [6.07, 6.45) is 0. The van der Waals surface area contributed by atoms with E-state index in [9.17, 15) is 4.79 Å². The summed E-state index contributed by atoms with van der Waals surface area (Å²) in [5, 5.41) is 13.8. The lowest BCUT2D eigenvalue weighted by atomic mass is 10.0. The van der Waals surface area contributed by atoms with Gasteiger partial charge in [0.25, 0.3) is 0 Å². The van der Waals surface area contributed by atoms with Gasteiger partial charge in [-0.1, -0.05) is 78.6 Å². The third kappa shape index (κ3) is 5.58. The Morgan fingerprint density at radius 2 is 1.68 bits per heavy atom. The van der Waals surface area contributed by atoms with Gasteiger partial charge in [-0.05, 0) is 60.0 Å². The molecule has 0 aliphatic rings. The molecule has 174 valence electrons. The van der Waals surface area contributed by atoms with E-state index < -0.39 is 0 Å². The minimum absolute atomic E-state index is 0.117. The Balaban J connectivity index is 1.67. The molecule has 0 saturated heterocycles. The number of anilines is 1. The number of halogens is 3. The number of thioether (sulfide) groups is 1. The Hall–Kier alpha value is -2.51. The first-order valence-electron chi connectivity index (χ1n) is 10.5. The molecule has 1 N–H and O–H groups in total. The second-order valence-electron chi connectivity index (χ2n) is 7.82. The van der Waals surface area contributed by atoms with E-state index in [-0.39, 0.29) is 17.6 Å². The van der Waals surface area contributed by atoms with E-state index in [1.165, 1.54) is 11.8 Å². The molecule has 3 aromatic carbocycles. The second-order valence-corrected chi connectivity index (χ2v) is 10.0. The van der Waals surface area contributed by atoms with E-state index in [1.807, 2.05) is 47.0 Å². The van der Waals surface area contributed by atoms with Crippen molar-refractivity contribution in [1.29, 1.82) is 0 Å². The topological polar surface area (TPSA) is 59.8 Å². The highest BCUT2D eigenvalue weighted by Gasteiger charge is 2.20. The molecule has 4 aromatic rings. The second kappa shape index (κ2) is 10.8. The minimum atomic E-state index is -0.228. The van der Waals surface area contributed by atoms with Crippen molar-refractivity contribution >= 4 is 58.2 Å². The van der Waals surface area contributed by atoms with Crippen LogP contribution >= 0.6 is 46.6 Å². The molecule has 1 heterocycles. The van der Waals surface area contributed by atoms with Crippen LogP contribution in [0.3, 0.4) is 0 Å². The van der Waals surface area contributed by atoms with E-state index >= 15 is 0 Å². The molecule has 1 amide bonds. The molecule has 0 spiro atoms. The fraction of sp³-hybridized carbons (Fsp3) is 0.160. The zero-order valence-electron chi connectivity index (χ0n) is 18.4. The Kier molecular flexibility index (Phi) is 7.84. The van der Waals surface area contributed by atoms with Gasteiger partial charge in [0.05, 0.1) is 22.2 Å². The van der Waals surface area contributed by atoms with Crippen molar-refractivity contribution in [3.63, 3.8) is 0 Å². The van der Waals surface area contributed by atoms with Crippen LogP contribution in [0.2, 0.25) is 15.1 Å². The van der Waals surface area contributed by atoms with Crippen molar-refractivity contribution in [2.75, 3.05) is 11.1 Å². The molecule has 9 heteroatoms. The van der Waals surface area contributed by atoms with E-state index in [4.69, 9.17) is 34.8 Å². The van der Waals surface area contributed by atoms with Gasteiger partial charge in [-0.2, -0.15) is 0 Å². The fourth-order valence-electron chi connectivity index (χ4n) is 3.46. The number of nitrogens with zero attached hydrogens (tertiary/aromatic N) is 3. The molecule has 0 saturated carbocycles. The van der Waals surface area contributed by atoms with E-state index in [0.717, 1.165) is 16.8 Å². The van der Waals surface area contributed by atoms with Crippen molar-refractivity contribution in [3.8, 4) is 17.1 Å². The molecule has 0 radical (unpaired) electrons. The van der Waals surface area contributed by atoms with Crippen molar-refractivity contribution < 1.29 is 4.79 Å². The Morgan fingerprint density at radius 3 is 2.41 bits per heavy atom. The van der Waals surface area contributed by atoms with Gasteiger partial charge in [0.15, 0.2) is 11.0 Å². The quantitative estimate of drug-likeness (QED) is 0.248. The van der Waals surface area contributed by atoms with Gasteiger partial charge in [0.1, 0.15) is 0 Å². The average molecular weight is 532 g/mol. The van der Waals surface area contributed by atoms with Gasteiger partial charge in [-0.15, -0.1) is 10.2 Å². The molecule has 5 nitrogen and oxygen atoms in total. The molecular formula is C25H21Cl3N4OS. The third-order valence-electron chi connectivity index (χ3n) is 5.07. The van der Waals surface area contributed by atoms with Crippen LogP contribution in [0.25, 0.3) is 17.1 Å². The third-order valence-corrected chi connectivity index (χ3v) is 6.82. The van der Waals surface area contributed by atoms with Crippen LogP contribution < -0.4 is 5.32 Å². The number of hydrogen-bond acceptors (Lipinski definition) is 4. The van der Waals surface area contributed by atoms with Gasteiger partial charge in [-0.25, -0.2) is 0 Å². The van der Waals surface area contributed by atoms with Crippen LogP contribution in [-0.4, -0.2) is 26.4 Å². The molecule has 0 atom stereocenters. The Bertz CT molecular complexity index is 1320. The smallest absolute Gasteiger partial charge is 0.234 e. The first-order chi connectivity index (χ1) is 16.3. The lowest BCUT2D eigenvalue weighted by Gasteiger charge is -2.17. The molecule has 0 fully saturated rings. The maximum Gasteiger partial charge on any atom is 0.234 e. The highest BCUT2D eigenvalue weighted by Crippen LogP contribution is 2.33. The fourth-order valence-corrected chi connectivity index (χ4v) is 4.66. The predicted molar refractivity (Wildman–Crippen MR) is 142 cm³/mol. The summed E-state index contributed by atoms with van der Waals surface area (Å²) in [5.74, 6) is 0.841. The van der Waals surface area contributed by atoms with E-state index in [2.05, 4.69) is 35.4 Å². The lowest BCUT2D eigenvalue weighted by Crippen LogP contribution is -2.15. The number of hydrogen-bond donors (Lipinski definition) is 1. The van der Waals surface area contributed by atoms with Crippen LogP contribution in [0.1, 0.15) is 25.3 Å². The van der Waals surface area contributed by atoms with Gasteiger partial charge in [0.2, 0.25) is 5.91 Å². The van der Waals surface area contributed by atoms with Gasteiger partial charge in [0, 0.05) is 15.6 Å². The molecular weight excluding hydrogens is 511 g/mol. The van der Waals surface area contributed by atoms with Crippen molar-refractivity contribution in [2.45, 2.75) is 24.9 Å². The summed E-state index contributed by atoms with van der Waals surface area (Å²) in [6, 6.07) is 20.5. The molecule has 0 bridgehead atoms. The van der Waals surface area contributed by atoms with E-state index in [1.54, 1.807) is 18.2 Å². The first-order valence-corrected chi connectivity index (χ1v) is 12.6. The largest absolute Gasteiger partial charge is 0.324 e.